The van der Waals surface area contributed by atoms with Gasteiger partial charge in [0.25, 0.3) is 0 Å². The Balaban J connectivity index is 0.00000264. The van der Waals surface area contributed by atoms with Gasteiger partial charge in [-0.3, -0.25) is 0 Å². The summed E-state index contributed by atoms with van der Waals surface area (Å²) in [7, 11) is 0. The molecule has 2 rings (SSSR count). The van der Waals surface area contributed by atoms with Crippen molar-refractivity contribution in [2.24, 2.45) is 0 Å². The number of hydrogen-bond donors (Lipinski definition) is 2. The monoisotopic (exact) mass is 419 g/mol. The molecule has 0 aliphatic rings. The minimum atomic E-state index is -0.578. The first-order chi connectivity index (χ1) is 10.5. The predicted molar refractivity (Wildman–Crippen MR) is 101 cm³/mol. The first-order valence-corrected chi connectivity index (χ1v) is 8.27. The number of aliphatic hydroxyl groups excluding tert-OH is 1. The molecule has 2 N–H and O–H groups in total. The molecule has 6 heteroatoms. The highest BCUT2D eigenvalue weighted by molar-refractivity contribution is 9.10. The van der Waals surface area contributed by atoms with E-state index in [-0.39, 0.29) is 25.1 Å². The van der Waals surface area contributed by atoms with Gasteiger partial charge < -0.3 is 15.2 Å². The lowest BCUT2D eigenvalue weighted by Crippen LogP contribution is -2.33. The van der Waals surface area contributed by atoms with Gasteiger partial charge >= 0.3 is 0 Å². The van der Waals surface area contributed by atoms with Crippen LogP contribution in [0.3, 0.4) is 0 Å². The van der Waals surface area contributed by atoms with E-state index in [1.807, 2.05) is 55.5 Å². The van der Waals surface area contributed by atoms with Crippen LogP contribution in [0.25, 0.3) is 0 Å². The van der Waals surface area contributed by atoms with Gasteiger partial charge in [-0.25, -0.2) is 0 Å². The van der Waals surface area contributed by atoms with Crippen LogP contribution in [0.15, 0.2) is 53.0 Å². The lowest BCUT2D eigenvalue weighted by atomic mass is 10.1. The van der Waals surface area contributed by atoms with E-state index < -0.39 is 6.10 Å². The summed E-state index contributed by atoms with van der Waals surface area (Å²) in [4.78, 5) is 0. The zero-order valence-electron chi connectivity index (χ0n) is 12.7. The summed E-state index contributed by atoms with van der Waals surface area (Å²) >= 11 is 9.35. The Morgan fingerprint density at radius 3 is 2.57 bits per heavy atom. The molecule has 0 saturated carbocycles. The van der Waals surface area contributed by atoms with Gasteiger partial charge in [0, 0.05) is 22.1 Å². The van der Waals surface area contributed by atoms with Crippen LogP contribution in [0.2, 0.25) is 5.02 Å². The maximum atomic E-state index is 9.99. The van der Waals surface area contributed by atoms with E-state index in [0.29, 0.717) is 11.6 Å². The van der Waals surface area contributed by atoms with Crippen molar-refractivity contribution in [2.75, 3.05) is 13.2 Å². The van der Waals surface area contributed by atoms with Gasteiger partial charge in [0.1, 0.15) is 18.5 Å². The molecule has 0 spiro atoms. The number of benzene rings is 2. The van der Waals surface area contributed by atoms with Crippen molar-refractivity contribution in [3.8, 4) is 5.75 Å². The molecule has 0 saturated heterocycles. The molecule has 2 aromatic rings. The van der Waals surface area contributed by atoms with E-state index in [2.05, 4.69) is 21.2 Å². The van der Waals surface area contributed by atoms with E-state index in [9.17, 15) is 5.11 Å². The van der Waals surface area contributed by atoms with Gasteiger partial charge in [-0.2, -0.15) is 0 Å². The zero-order chi connectivity index (χ0) is 15.9. The molecule has 3 nitrogen and oxygen atoms in total. The van der Waals surface area contributed by atoms with Crippen LogP contribution in [0.4, 0.5) is 0 Å². The third kappa shape index (κ3) is 7.10. The molecule has 2 atom stereocenters. The topological polar surface area (TPSA) is 41.5 Å². The summed E-state index contributed by atoms with van der Waals surface area (Å²) < 4.78 is 6.55. The van der Waals surface area contributed by atoms with Gasteiger partial charge in [-0.1, -0.05) is 39.7 Å². The fourth-order valence-corrected chi connectivity index (χ4v) is 2.45. The largest absolute Gasteiger partial charge is 0.491 e. The van der Waals surface area contributed by atoms with E-state index in [0.717, 1.165) is 15.8 Å². The summed E-state index contributed by atoms with van der Waals surface area (Å²) in [6.45, 7) is 2.73. The first-order valence-electron chi connectivity index (χ1n) is 7.10. The maximum absolute atomic E-state index is 9.99. The van der Waals surface area contributed by atoms with E-state index in [1.165, 1.54) is 0 Å². The standard InChI is InChI=1S/C17H19BrClNO2.ClH/c1-12(13-3-2-4-15(19)9-13)20-10-16(21)11-22-17-7-5-14(18)6-8-17;/h2-9,12,16,20-21H,10-11H2,1H3;1H. The van der Waals surface area contributed by atoms with Gasteiger partial charge in [0.2, 0.25) is 0 Å². The summed E-state index contributed by atoms with van der Waals surface area (Å²) in [5, 5.41) is 14.0. The van der Waals surface area contributed by atoms with Gasteiger partial charge in [0.15, 0.2) is 0 Å². The molecule has 0 amide bonds. The van der Waals surface area contributed by atoms with E-state index in [1.54, 1.807) is 0 Å². The molecule has 0 bridgehead atoms. The average molecular weight is 421 g/mol. The van der Waals surface area contributed by atoms with Crippen molar-refractivity contribution in [1.29, 1.82) is 0 Å². The highest BCUT2D eigenvalue weighted by atomic mass is 79.9. The molecular formula is C17H20BrCl2NO2. The molecule has 0 radical (unpaired) electrons. The number of nitrogens with one attached hydrogen (secondary N) is 1. The van der Waals surface area contributed by atoms with Crippen molar-refractivity contribution in [3.63, 3.8) is 0 Å². The third-order valence-corrected chi connectivity index (χ3v) is 4.03. The fraction of sp³-hybridized carbons (Fsp3) is 0.294. The molecule has 0 aliphatic heterocycles. The number of aliphatic hydroxyl groups is 1. The molecule has 2 aromatic carbocycles. The van der Waals surface area contributed by atoms with Crippen LogP contribution in [0.5, 0.6) is 5.75 Å². The highest BCUT2D eigenvalue weighted by Gasteiger charge is 2.10. The van der Waals surface area contributed by atoms with Crippen LogP contribution >= 0.6 is 39.9 Å². The maximum Gasteiger partial charge on any atom is 0.119 e. The number of ether oxygens (including phenoxy) is 1. The molecule has 0 aliphatic carbocycles. The van der Waals surface area contributed by atoms with Crippen LogP contribution in [-0.2, 0) is 0 Å². The molecular weight excluding hydrogens is 401 g/mol. The Morgan fingerprint density at radius 2 is 1.91 bits per heavy atom. The Bertz CT molecular complexity index is 595. The Labute approximate surface area is 156 Å². The minimum absolute atomic E-state index is 0. The summed E-state index contributed by atoms with van der Waals surface area (Å²) in [5.74, 6) is 0.741. The first kappa shape index (κ1) is 20.3. The Kier molecular flexibility index (Phi) is 8.95. The second kappa shape index (κ2) is 10.2. The van der Waals surface area contributed by atoms with Gasteiger partial charge in [-0.05, 0) is 48.9 Å². The number of hydrogen-bond acceptors (Lipinski definition) is 3. The lowest BCUT2D eigenvalue weighted by molar-refractivity contribution is 0.104. The normalized spacial score (nSPS) is 13.0. The summed E-state index contributed by atoms with van der Waals surface area (Å²) in [6, 6.07) is 15.3. The number of halogens is 3. The second-order valence-corrected chi connectivity index (χ2v) is 6.46. The molecule has 0 fully saturated rings. The molecule has 23 heavy (non-hydrogen) atoms. The summed E-state index contributed by atoms with van der Waals surface area (Å²) in [6.07, 6.45) is -0.578. The average Bonchev–Trinajstić information content (AvgIpc) is 2.52. The van der Waals surface area contributed by atoms with E-state index >= 15 is 0 Å². The Hall–Kier alpha value is -0.780. The van der Waals surface area contributed by atoms with Crippen LogP contribution < -0.4 is 10.1 Å². The molecule has 2 unspecified atom stereocenters. The van der Waals surface area contributed by atoms with Gasteiger partial charge in [-0.15, -0.1) is 12.4 Å². The van der Waals surface area contributed by atoms with Crippen LogP contribution in [0, 0.1) is 0 Å². The molecule has 0 heterocycles. The Morgan fingerprint density at radius 1 is 1.22 bits per heavy atom. The lowest BCUT2D eigenvalue weighted by Gasteiger charge is -2.18. The minimum Gasteiger partial charge on any atom is -0.491 e. The SMILES string of the molecule is CC(NCC(O)COc1ccc(Br)cc1)c1cccc(Cl)c1.Cl. The fourth-order valence-electron chi connectivity index (χ4n) is 1.99. The third-order valence-electron chi connectivity index (χ3n) is 3.26. The zero-order valence-corrected chi connectivity index (χ0v) is 15.9. The van der Waals surface area contributed by atoms with Crippen molar-refractivity contribution >= 4 is 39.9 Å². The summed E-state index contributed by atoms with van der Waals surface area (Å²) in [5.41, 5.74) is 1.09. The second-order valence-electron chi connectivity index (χ2n) is 5.10. The van der Waals surface area contributed by atoms with Crippen molar-refractivity contribution in [2.45, 2.75) is 19.1 Å². The van der Waals surface area contributed by atoms with Gasteiger partial charge in [0.05, 0.1) is 0 Å². The molecule has 0 aromatic heterocycles. The van der Waals surface area contributed by atoms with Crippen molar-refractivity contribution in [3.05, 3.63) is 63.6 Å². The quantitative estimate of drug-likeness (QED) is 0.686. The number of rotatable bonds is 7. The van der Waals surface area contributed by atoms with Crippen LogP contribution in [-0.4, -0.2) is 24.4 Å². The molecule has 126 valence electrons. The van der Waals surface area contributed by atoms with E-state index in [4.69, 9.17) is 16.3 Å². The predicted octanol–water partition coefficient (Wildman–Crippen LogP) is 4.61. The van der Waals surface area contributed by atoms with Crippen molar-refractivity contribution < 1.29 is 9.84 Å². The highest BCUT2D eigenvalue weighted by Crippen LogP contribution is 2.18. The van der Waals surface area contributed by atoms with Crippen LogP contribution in [0.1, 0.15) is 18.5 Å². The van der Waals surface area contributed by atoms with Crippen molar-refractivity contribution in [1.82, 2.24) is 5.32 Å². The smallest absolute Gasteiger partial charge is 0.119 e.